The zero-order chi connectivity index (χ0) is 12.5. The Bertz CT molecular complexity index is 400. The summed E-state index contributed by atoms with van der Waals surface area (Å²) in [6.45, 7) is -0.219. The van der Waals surface area contributed by atoms with Gasteiger partial charge in [0.15, 0.2) is 0 Å². The highest BCUT2D eigenvalue weighted by atomic mass is 35.5. The van der Waals surface area contributed by atoms with Crippen LogP contribution < -0.4 is 0 Å². The fraction of sp³-hybridized carbons (Fsp3) is 0.538. The molecule has 0 radical (unpaired) electrons. The highest BCUT2D eigenvalue weighted by molar-refractivity contribution is 6.30. The average Bonchev–Trinajstić information content (AvgIpc) is 2.31. The summed E-state index contributed by atoms with van der Waals surface area (Å²) in [7, 11) is 0. The molecule has 2 N–H and O–H groups in total. The molecule has 0 unspecified atom stereocenters. The molecule has 94 valence electrons. The molecule has 1 aromatic rings. The van der Waals surface area contributed by atoms with Crippen molar-refractivity contribution in [1.82, 2.24) is 0 Å². The number of hydrogen-bond donors (Lipinski definition) is 2. The second-order valence-electron chi connectivity index (χ2n) is 4.82. The van der Waals surface area contributed by atoms with E-state index < -0.39 is 5.60 Å². The summed E-state index contributed by atoms with van der Waals surface area (Å²) in [5.74, 6) is -0.170. The van der Waals surface area contributed by atoms with Gasteiger partial charge in [-0.05, 0) is 49.3 Å². The maximum Gasteiger partial charge on any atom is 0.128 e. The van der Waals surface area contributed by atoms with Crippen molar-refractivity contribution in [3.05, 3.63) is 34.6 Å². The first-order valence-corrected chi connectivity index (χ1v) is 6.20. The third kappa shape index (κ3) is 2.79. The quantitative estimate of drug-likeness (QED) is 0.856. The second-order valence-corrected chi connectivity index (χ2v) is 5.26. The van der Waals surface area contributed by atoms with E-state index in [1.807, 2.05) is 0 Å². The minimum atomic E-state index is -0.973. The van der Waals surface area contributed by atoms with E-state index in [0.717, 1.165) is 0 Å². The molecule has 1 aromatic carbocycles. The van der Waals surface area contributed by atoms with E-state index in [4.69, 9.17) is 16.7 Å². The summed E-state index contributed by atoms with van der Waals surface area (Å²) in [5.41, 5.74) is -0.311. The standard InChI is InChI=1S/C13H16ClFO2/c14-10-1-2-11(12(15)7-10)9-3-5-13(17,8-16)6-4-9/h1-2,7,9,16-17H,3-6,8H2. The number of aliphatic hydroxyl groups excluding tert-OH is 1. The SMILES string of the molecule is OCC1(O)CCC(c2ccc(Cl)cc2F)CC1. The smallest absolute Gasteiger partial charge is 0.128 e. The molecule has 17 heavy (non-hydrogen) atoms. The minimum absolute atomic E-state index is 0.110. The molecule has 0 saturated heterocycles. The molecule has 4 heteroatoms. The Morgan fingerprint density at radius 2 is 2.00 bits per heavy atom. The van der Waals surface area contributed by atoms with Crippen molar-refractivity contribution in [1.29, 1.82) is 0 Å². The molecule has 0 amide bonds. The molecule has 1 saturated carbocycles. The highest BCUT2D eigenvalue weighted by Crippen LogP contribution is 2.38. The molecule has 0 aromatic heterocycles. The zero-order valence-corrected chi connectivity index (χ0v) is 10.3. The summed E-state index contributed by atoms with van der Waals surface area (Å²) in [6, 6.07) is 4.72. The van der Waals surface area contributed by atoms with E-state index in [1.165, 1.54) is 6.07 Å². The summed E-state index contributed by atoms with van der Waals surface area (Å²) in [4.78, 5) is 0. The first kappa shape index (κ1) is 12.8. The highest BCUT2D eigenvalue weighted by Gasteiger charge is 2.33. The number of aliphatic hydroxyl groups is 2. The van der Waals surface area contributed by atoms with Crippen LogP contribution in [0, 0.1) is 5.82 Å². The van der Waals surface area contributed by atoms with Gasteiger partial charge in [-0.25, -0.2) is 4.39 Å². The van der Waals surface area contributed by atoms with Crippen LogP contribution in [0.15, 0.2) is 18.2 Å². The van der Waals surface area contributed by atoms with E-state index in [2.05, 4.69) is 0 Å². The van der Waals surface area contributed by atoms with Crippen LogP contribution >= 0.6 is 11.6 Å². The van der Waals surface area contributed by atoms with Crippen LogP contribution in [0.3, 0.4) is 0 Å². The zero-order valence-electron chi connectivity index (χ0n) is 9.50. The van der Waals surface area contributed by atoms with Gasteiger partial charge in [0.05, 0.1) is 12.2 Å². The predicted octanol–water partition coefficient (Wildman–Crippen LogP) is 2.86. The Hall–Kier alpha value is -0.640. The van der Waals surface area contributed by atoms with Gasteiger partial charge in [0.2, 0.25) is 0 Å². The molecule has 2 rings (SSSR count). The number of hydrogen-bond acceptors (Lipinski definition) is 2. The Kier molecular flexibility index (Phi) is 3.71. The monoisotopic (exact) mass is 258 g/mol. The Morgan fingerprint density at radius 1 is 1.35 bits per heavy atom. The largest absolute Gasteiger partial charge is 0.393 e. The van der Waals surface area contributed by atoms with Crippen LogP contribution in [0.4, 0.5) is 4.39 Å². The van der Waals surface area contributed by atoms with Crippen LogP contribution in [0.2, 0.25) is 5.02 Å². The maximum absolute atomic E-state index is 13.7. The third-order valence-corrected chi connectivity index (χ3v) is 3.85. The molecule has 1 aliphatic carbocycles. The van der Waals surface area contributed by atoms with E-state index in [-0.39, 0.29) is 18.3 Å². The van der Waals surface area contributed by atoms with Gasteiger partial charge < -0.3 is 10.2 Å². The van der Waals surface area contributed by atoms with Crippen molar-refractivity contribution in [2.45, 2.75) is 37.2 Å². The molecule has 0 bridgehead atoms. The van der Waals surface area contributed by atoms with Gasteiger partial charge in [-0.1, -0.05) is 17.7 Å². The van der Waals surface area contributed by atoms with Crippen molar-refractivity contribution >= 4 is 11.6 Å². The Balaban J connectivity index is 2.10. The van der Waals surface area contributed by atoms with Crippen molar-refractivity contribution in [2.24, 2.45) is 0 Å². The van der Waals surface area contributed by atoms with Gasteiger partial charge >= 0.3 is 0 Å². The molecule has 0 atom stereocenters. The summed E-state index contributed by atoms with van der Waals surface area (Å²) in [5, 5.41) is 19.3. The van der Waals surface area contributed by atoms with Gasteiger partial charge in [-0.3, -0.25) is 0 Å². The molecular formula is C13H16ClFO2. The predicted molar refractivity (Wildman–Crippen MR) is 64.7 cm³/mol. The molecule has 1 aliphatic rings. The second kappa shape index (κ2) is 4.92. The fourth-order valence-electron chi connectivity index (χ4n) is 2.46. The minimum Gasteiger partial charge on any atom is -0.393 e. The van der Waals surface area contributed by atoms with Gasteiger partial charge in [0, 0.05) is 5.02 Å². The first-order chi connectivity index (χ1) is 8.04. The summed E-state index contributed by atoms with van der Waals surface area (Å²) >= 11 is 5.71. The molecular weight excluding hydrogens is 243 g/mol. The fourth-order valence-corrected chi connectivity index (χ4v) is 2.62. The van der Waals surface area contributed by atoms with Crippen LogP contribution in [0.25, 0.3) is 0 Å². The normalized spacial score (nSPS) is 29.3. The molecule has 2 nitrogen and oxygen atoms in total. The number of halogens is 2. The van der Waals surface area contributed by atoms with Crippen LogP contribution in [0.1, 0.15) is 37.2 Å². The van der Waals surface area contributed by atoms with E-state index in [0.29, 0.717) is 36.3 Å². The molecule has 1 fully saturated rings. The van der Waals surface area contributed by atoms with Gasteiger partial charge in [0.25, 0.3) is 0 Å². The van der Waals surface area contributed by atoms with Crippen molar-refractivity contribution in [3.63, 3.8) is 0 Å². The summed E-state index contributed by atoms with van der Waals surface area (Å²) in [6.07, 6.45) is 2.40. The number of benzene rings is 1. The van der Waals surface area contributed by atoms with Crippen LogP contribution in [-0.2, 0) is 0 Å². The van der Waals surface area contributed by atoms with Crippen molar-refractivity contribution in [2.75, 3.05) is 6.61 Å². The lowest BCUT2D eigenvalue weighted by atomic mass is 9.76. The van der Waals surface area contributed by atoms with Crippen LogP contribution in [0.5, 0.6) is 0 Å². The van der Waals surface area contributed by atoms with E-state index in [9.17, 15) is 9.50 Å². The van der Waals surface area contributed by atoms with Crippen molar-refractivity contribution in [3.8, 4) is 0 Å². The first-order valence-electron chi connectivity index (χ1n) is 5.82. The Morgan fingerprint density at radius 3 is 2.53 bits per heavy atom. The lowest BCUT2D eigenvalue weighted by Gasteiger charge is -2.34. The van der Waals surface area contributed by atoms with Gasteiger partial charge in [0.1, 0.15) is 5.82 Å². The Labute approximate surface area is 105 Å². The molecule has 0 aliphatic heterocycles. The third-order valence-electron chi connectivity index (χ3n) is 3.61. The molecule has 0 spiro atoms. The topological polar surface area (TPSA) is 40.5 Å². The average molecular weight is 259 g/mol. The maximum atomic E-state index is 13.7. The lowest BCUT2D eigenvalue weighted by Crippen LogP contribution is -2.37. The van der Waals surface area contributed by atoms with Gasteiger partial charge in [-0.15, -0.1) is 0 Å². The van der Waals surface area contributed by atoms with E-state index in [1.54, 1.807) is 12.1 Å². The lowest BCUT2D eigenvalue weighted by molar-refractivity contribution is -0.0457. The van der Waals surface area contributed by atoms with Gasteiger partial charge in [-0.2, -0.15) is 0 Å². The number of rotatable bonds is 2. The van der Waals surface area contributed by atoms with Crippen LogP contribution in [-0.4, -0.2) is 22.4 Å². The van der Waals surface area contributed by atoms with E-state index >= 15 is 0 Å². The molecule has 0 heterocycles. The summed E-state index contributed by atoms with van der Waals surface area (Å²) < 4.78 is 13.7. The van der Waals surface area contributed by atoms with Crippen molar-refractivity contribution < 1.29 is 14.6 Å².